The van der Waals surface area contributed by atoms with Gasteiger partial charge >= 0.3 is 0 Å². The number of nitrogen functional groups attached to an aromatic ring is 1. The van der Waals surface area contributed by atoms with Crippen molar-refractivity contribution in [1.82, 2.24) is 19.9 Å². The molecule has 0 atom stereocenters. The summed E-state index contributed by atoms with van der Waals surface area (Å²) in [6.07, 6.45) is 1.58. The van der Waals surface area contributed by atoms with Crippen molar-refractivity contribution in [2.45, 2.75) is 0 Å². The summed E-state index contributed by atoms with van der Waals surface area (Å²) >= 11 is 1.72. The van der Waals surface area contributed by atoms with Crippen LogP contribution in [0.1, 0.15) is 0 Å². The van der Waals surface area contributed by atoms with Crippen LogP contribution in [-0.2, 0) is 0 Å². The maximum Gasteiger partial charge on any atom is 0.224 e. The normalized spacial score (nSPS) is 11.2. The Morgan fingerprint density at radius 2 is 2.15 bits per heavy atom. The Bertz CT molecular complexity index is 909. The van der Waals surface area contributed by atoms with E-state index in [9.17, 15) is 0 Å². The molecule has 20 heavy (non-hydrogen) atoms. The van der Waals surface area contributed by atoms with E-state index in [1.165, 1.54) is 10.1 Å². The standard InChI is InChI=1S/C13H10N6S/c14-13-18-11-10(15-6-16-11)12(19-13)17-8-1-2-9-7(5-8)3-4-20-9/h1-6H,(H4,14,15,16,17,18,19). The van der Waals surface area contributed by atoms with Gasteiger partial charge < -0.3 is 16.0 Å². The van der Waals surface area contributed by atoms with Crippen LogP contribution in [0.2, 0.25) is 0 Å². The number of nitrogens with zero attached hydrogens (tertiary/aromatic N) is 3. The van der Waals surface area contributed by atoms with E-state index in [1.54, 1.807) is 17.7 Å². The van der Waals surface area contributed by atoms with E-state index >= 15 is 0 Å². The minimum absolute atomic E-state index is 0.198. The summed E-state index contributed by atoms with van der Waals surface area (Å²) in [5.74, 6) is 0.822. The van der Waals surface area contributed by atoms with Gasteiger partial charge in [0, 0.05) is 10.4 Å². The Morgan fingerprint density at radius 1 is 1.20 bits per heavy atom. The molecule has 6 nitrogen and oxygen atoms in total. The van der Waals surface area contributed by atoms with Crippen molar-refractivity contribution in [3.63, 3.8) is 0 Å². The fourth-order valence-electron chi connectivity index (χ4n) is 2.12. The quantitative estimate of drug-likeness (QED) is 0.525. The van der Waals surface area contributed by atoms with Crippen LogP contribution in [0.25, 0.3) is 21.3 Å². The predicted octanol–water partition coefficient (Wildman–Crippen LogP) is 2.89. The number of nitrogens with two attached hydrogens (primary N) is 1. The van der Waals surface area contributed by atoms with Crippen LogP contribution in [0.4, 0.5) is 17.5 Å². The summed E-state index contributed by atoms with van der Waals surface area (Å²) in [5.41, 5.74) is 7.94. The number of thiophene rings is 1. The summed E-state index contributed by atoms with van der Waals surface area (Å²) in [4.78, 5) is 15.4. The van der Waals surface area contributed by atoms with E-state index in [0.717, 1.165) is 11.2 Å². The van der Waals surface area contributed by atoms with Crippen LogP contribution >= 0.6 is 11.3 Å². The van der Waals surface area contributed by atoms with Gasteiger partial charge in [0.05, 0.1) is 6.33 Å². The van der Waals surface area contributed by atoms with Crippen LogP contribution in [-0.4, -0.2) is 19.9 Å². The summed E-state index contributed by atoms with van der Waals surface area (Å²) in [5, 5.41) is 6.53. The number of benzene rings is 1. The SMILES string of the molecule is Nc1nc(Nc2ccc3sccc3c2)c2[nH]cnc2n1. The van der Waals surface area contributed by atoms with Gasteiger partial charge in [0.25, 0.3) is 0 Å². The number of imidazole rings is 1. The van der Waals surface area contributed by atoms with Crippen molar-refractivity contribution in [2.24, 2.45) is 0 Å². The number of aromatic amines is 1. The zero-order valence-electron chi connectivity index (χ0n) is 10.3. The number of fused-ring (bicyclic) bond motifs is 2. The van der Waals surface area contributed by atoms with Crippen molar-refractivity contribution in [1.29, 1.82) is 0 Å². The van der Waals surface area contributed by atoms with Crippen molar-refractivity contribution in [3.05, 3.63) is 36.0 Å². The molecular formula is C13H10N6S. The first-order valence-corrected chi connectivity index (χ1v) is 6.88. The summed E-state index contributed by atoms with van der Waals surface area (Å²) in [6.45, 7) is 0. The Hall–Kier alpha value is -2.67. The average Bonchev–Trinajstić information content (AvgIpc) is 3.05. The molecule has 7 heteroatoms. The molecule has 3 heterocycles. The highest BCUT2D eigenvalue weighted by molar-refractivity contribution is 7.17. The van der Waals surface area contributed by atoms with E-state index in [1.807, 2.05) is 6.07 Å². The number of hydrogen-bond acceptors (Lipinski definition) is 6. The van der Waals surface area contributed by atoms with E-state index < -0.39 is 0 Å². The second kappa shape index (κ2) is 4.17. The van der Waals surface area contributed by atoms with Crippen molar-refractivity contribution < 1.29 is 0 Å². The Morgan fingerprint density at radius 3 is 3.10 bits per heavy atom. The Kier molecular flexibility index (Phi) is 2.33. The number of hydrogen-bond donors (Lipinski definition) is 3. The molecule has 3 aromatic heterocycles. The lowest BCUT2D eigenvalue weighted by Gasteiger charge is -2.07. The number of anilines is 3. The van der Waals surface area contributed by atoms with Gasteiger partial charge in [-0.05, 0) is 35.0 Å². The smallest absolute Gasteiger partial charge is 0.224 e. The molecule has 0 fully saturated rings. The average molecular weight is 282 g/mol. The molecule has 4 rings (SSSR count). The van der Waals surface area contributed by atoms with E-state index in [-0.39, 0.29) is 5.95 Å². The number of nitrogens with one attached hydrogen (secondary N) is 2. The van der Waals surface area contributed by atoms with Crippen LogP contribution < -0.4 is 11.1 Å². The highest BCUT2D eigenvalue weighted by Crippen LogP contribution is 2.27. The minimum Gasteiger partial charge on any atom is -0.368 e. The van der Waals surface area contributed by atoms with Crippen LogP contribution in [0, 0.1) is 0 Å². The molecule has 0 spiro atoms. The molecule has 0 aliphatic rings. The van der Waals surface area contributed by atoms with Crippen LogP contribution in [0.15, 0.2) is 36.0 Å². The molecule has 0 amide bonds. The molecular weight excluding hydrogens is 272 g/mol. The number of aromatic nitrogens is 4. The van der Waals surface area contributed by atoms with Gasteiger partial charge in [0.15, 0.2) is 11.5 Å². The van der Waals surface area contributed by atoms with Crippen molar-refractivity contribution in [2.75, 3.05) is 11.1 Å². The first-order chi connectivity index (χ1) is 9.79. The van der Waals surface area contributed by atoms with E-state index in [2.05, 4.69) is 48.8 Å². The van der Waals surface area contributed by atoms with Gasteiger partial charge in [-0.2, -0.15) is 9.97 Å². The van der Waals surface area contributed by atoms with Gasteiger partial charge in [-0.1, -0.05) is 0 Å². The molecule has 0 saturated heterocycles. The van der Waals surface area contributed by atoms with Gasteiger partial charge in [0.1, 0.15) is 5.52 Å². The molecule has 0 saturated carbocycles. The lowest BCUT2D eigenvalue weighted by molar-refractivity contribution is 1.21. The monoisotopic (exact) mass is 282 g/mol. The zero-order valence-corrected chi connectivity index (χ0v) is 11.1. The molecule has 98 valence electrons. The van der Waals surface area contributed by atoms with Gasteiger partial charge in [0.2, 0.25) is 5.95 Å². The van der Waals surface area contributed by atoms with E-state index in [0.29, 0.717) is 11.5 Å². The zero-order chi connectivity index (χ0) is 13.5. The number of rotatable bonds is 2. The predicted molar refractivity (Wildman–Crippen MR) is 81.2 cm³/mol. The molecule has 0 radical (unpaired) electrons. The lowest BCUT2D eigenvalue weighted by atomic mass is 10.2. The minimum atomic E-state index is 0.198. The third-order valence-corrected chi connectivity index (χ3v) is 3.92. The molecule has 0 bridgehead atoms. The molecule has 0 unspecified atom stereocenters. The first kappa shape index (κ1) is 11.2. The summed E-state index contributed by atoms with van der Waals surface area (Å²) in [7, 11) is 0. The van der Waals surface area contributed by atoms with Gasteiger partial charge in [-0.15, -0.1) is 11.3 Å². The highest BCUT2D eigenvalue weighted by atomic mass is 32.1. The largest absolute Gasteiger partial charge is 0.368 e. The third kappa shape index (κ3) is 1.76. The molecule has 4 aromatic rings. The summed E-state index contributed by atoms with van der Waals surface area (Å²) < 4.78 is 1.25. The molecule has 4 N–H and O–H groups in total. The van der Waals surface area contributed by atoms with Gasteiger partial charge in [-0.25, -0.2) is 4.98 Å². The fraction of sp³-hybridized carbons (Fsp3) is 0. The fourth-order valence-corrected chi connectivity index (χ4v) is 2.89. The third-order valence-electron chi connectivity index (χ3n) is 3.02. The topological polar surface area (TPSA) is 92.5 Å². The van der Waals surface area contributed by atoms with Crippen LogP contribution in [0.3, 0.4) is 0 Å². The second-order valence-electron chi connectivity index (χ2n) is 4.33. The van der Waals surface area contributed by atoms with E-state index in [4.69, 9.17) is 5.73 Å². The maximum absolute atomic E-state index is 5.70. The van der Waals surface area contributed by atoms with Crippen LogP contribution in [0.5, 0.6) is 0 Å². The second-order valence-corrected chi connectivity index (χ2v) is 5.28. The molecule has 0 aliphatic carbocycles. The highest BCUT2D eigenvalue weighted by Gasteiger charge is 2.09. The Balaban J connectivity index is 1.81. The first-order valence-electron chi connectivity index (χ1n) is 6.00. The molecule has 1 aromatic carbocycles. The lowest BCUT2D eigenvalue weighted by Crippen LogP contribution is -2.01. The Labute approximate surface area is 117 Å². The van der Waals surface area contributed by atoms with Gasteiger partial charge in [-0.3, -0.25) is 0 Å². The number of H-pyrrole nitrogens is 1. The van der Waals surface area contributed by atoms with Crippen molar-refractivity contribution in [3.8, 4) is 0 Å². The van der Waals surface area contributed by atoms with Crippen molar-refractivity contribution >= 4 is 50.0 Å². The molecule has 0 aliphatic heterocycles. The summed E-state index contributed by atoms with van der Waals surface area (Å²) in [6, 6.07) is 8.26. The maximum atomic E-state index is 5.70.